The van der Waals surface area contributed by atoms with Gasteiger partial charge in [-0.2, -0.15) is 5.26 Å². The first-order valence-corrected chi connectivity index (χ1v) is 4.55. The Bertz CT molecular complexity index is 418. The summed E-state index contributed by atoms with van der Waals surface area (Å²) in [6, 6.07) is 9.15. The molecule has 0 saturated heterocycles. The highest BCUT2D eigenvalue weighted by Crippen LogP contribution is 2.09. The van der Waals surface area contributed by atoms with Crippen molar-refractivity contribution < 1.29 is 4.79 Å². The average molecular weight is 200 g/mol. The number of nitrogens with zero attached hydrogens (tertiary/aromatic N) is 2. The maximum absolute atomic E-state index is 11.6. The molecule has 0 spiro atoms. The number of likely N-dealkylation sites (N-methyl/N-ethyl adjacent to an activating group) is 1. The van der Waals surface area contributed by atoms with E-state index in [-0.39, 0.29) is 12.3 Å². The first-order chi connectivity index (χ1) is 7.19. The molecule has 0 aliphatic carbocycles. The van der Waals surface area contributed by atoms with Gasteiger partial charge in [0.25, 0.3) is 0 Å². The summed E-state index contributed by atoms with van der Waals surface area (Å²) in [6.45, 7) is 3.51. The molecular weight excluding hydrogens is 188 g/mol. The van der Waals surface area contributed by atoms with Crippen LogP contribution in [-0.2, 0) is 11.2 Å². The zero-order valence-electron chi connectivity index (χ0n) is 8.60. The maximum atomic E-state index is 11.6. The van der Waals surface area contributed by atoms with E-state index < -0.39 is 0 Å². The summed E-state index contributed by atoms with van der Waals surface area (Å²) in [4.78, 5) is 13.0. The van der Waals surface area contributed by atoms with E-state index in [1.54, 1.807) is 25.2 Å². The molecular formula is C12H12N2O. The lowest BCUT2D eigenvalue weighted by Gasteiger charge is -2.11. The van der Waals surface area contributed by atoms with Crippen LogP contribution in [0.4, 0.5) is 0 Å². The summed E-state index contributed by atoms with van der Waals surface area (Å²) in [7, 11) is 1.64. The van der Waals surface area contributed by atoms with Gasteiger partial charge in [0.1, 0.15) is 0 Å². The van der Waals surface area contributed by atoms with E-state index in [2.05, 4.69) is 12.6 Å². The molecule has 0 N–H and O–H groups in total. The quantitative estimate of drug-likeness (QED) is 0.745. The lowest BCUT2D eigenvalue weighted by molar-refractivity contribution is -0.126. The number of nitriles is 1. The van der Waals surface area contributed by atoms with Gasteiger partial charge in [0, 0.05) is 7.05 Å². The number of amides is 1. The van der Waals surface area contributed by atoms with Crippen molar-refractivity contribution in [3.05, 3.63) is 48.2 Å². The van der Waals surface area contributed by atoms with Crippen LogP contribution >= 0.6 is 0 Å². The first kappa shape index (κ1) is 11.0. The summed E-state index contributed by atoms with van der Waals surface area (Å²) in [5.74, 6) is -0.0762. The lowest BCUT2D eigenvalue weighted by Crippen LogP contribution is -2.22. The molecule has 0 aromatic heterocycles. The van der Waals surface area contributed by atoms with Crippen molar-refractivity contribution >= 4 is 5.91 Å². The van der Waals surface area contributed by atoms with Crippen LogP contribution in [-0.4, -0.2) is 17.9 Å². The van der Waals surface area contributed by atoms with Crippen molar-refractivity contribution in [2.45, 2.75) is 6.42 Å². The molecule has 3 heteroatoms. The van der Waals surface area contributed by atoms with E-state index in [0.717, 1.165) is 5.56 Å². The number of rotatable bonds is 3. The predicted molar refractivity (Wildman–Crippen MR) is 57.8 cm³/mol. The molecule has 1 amide bonds. The van der Waals surface area contributed by atoms with E-state index >= 15 is 0 Å². The topological polar surface area (TPSA) is 44.1 Å². The van der Waals surface area contributed by atoms with Crippen LogP contribution in [0.2, 0.25) is 0 Å². The first-order valence-electron chi connectivity index (χ1n) is 4.55. The van der Waals surface area contributed by atoms with Crippen molar-refractivity contribution in [2.75, 3.05) is 7.05 Å². The Morgan fingerprint density at radius 1 is 1.60 bits per heavy atom. The Kier molecular flexibility index (Phi) is 3.64. The van der Waals surface area contributed by atoms with Crippen molar-refractivity contribution in [1.29, 1.82) is 5.26 Å². The Morgan fingerprint density at radius 3 is 2.87 bits per heavy atom. The zero-order valence-corrected chi connectivity index (χ0v) is 8.60. The highest BCUT2D eigenvalue weighted by atomic mass is 16.2. The SMILES string of the molecule is C=CN(C)C(=O)Cc1ccccc1C#N. The fourth-order valence-electron chi connectivity index (χ4n) is 1.17. The van der Waals surface area contributed by atoms with E-state index in [1.165, 1.54) is 11.1 Å². The Balaban J connectivity index is 2.86. The molecule has 0 unspecified atom stereocenters. The third-order valence-corrected chi connectivity index (χ3v) is 2.15. The normalized spacial score (nSPS) is 9.07. The van der Waals surface area contributed by atoms with Crippen LogP contribution in [0.25, 0.3) is 0 Å². The Morgan fingerprint density at radius 2 is 2.27 bits per heavy atom. The summed E-state index contributed by atoms with van der Waals surface area (Å²) >= 11 is 0. The third kappa shape index (κ3) is 2.68. The highest BCUT2D eigenvalue weighted by molar-refractivity contribution is 5.80. The number of hydrogen-bond donors (Lipinski definition) is 0. The van der Waals surface area contributed by atoms with Crippen LogP contribution in [0, 0.1) is 11.3 Å². The molecule has 1 aromatic carbocycles. The van der Waals surface area contributed by atoms with Crippen molar-refractivity contribution in [3.8, 4) is 6.07 Å². The monoisotopic (exact) mass is 200 g/mol. The molecule has 0 heterocycles. The lowest BCUT2D eigenvalue weighted by atomic mass is 10.1. The molecule has 76 valence electrons. The molecule has 0 saturated carbocycles. The van der Waals surface area contributed by atoms with E-state index in [1.807, 2.05) is 6.07 Å². The number of hydrogen-bond acceptors (Lipinski definition) is 2. The second-order valence-corrected chi connectivity index (χ2v) is 3.13. The predicted octanol–water partition coefficient (Wildman–Crippen LogP) is 1.70. The van der Waals surface area contributed by atoms with Crippen LogP contribution in [0.3, 0.4) is 0 Å². The molecule has 0 aliphatic heterocycles. The number of benzene rings is 1. The summed E-state index contributed by atoms with van der Waals surface area (Å²) in [5.41, 5.74) is 1.29. The molecule has 1 rings (SSSR count). The van der Waals surface area contributed by atoms with Gasteiger partial charge in [-0.1, -0.05) is 24.8 Å². The summed E-state index contributed by atoms with van der Waals surface area (Å²) < 4.78 is 0. The highest BCUT2D eigenvalue weighted by Gasteiger charge is 2.09. The second-order valence-electron chi connectivity index (χ2n) is 3.13. The van der Waals surface area contributed by atoms with E-state index in [9.17, 15) is 4.79 Å². The Labute approximate surface area is 89.2 Å². The van der Waals surface area contributed by atoms with E-state index in [4.69, 9.17) is 5.26 Å². The standard InChI is InChI=1S/C12H12N2O/c1-3-14(2)12(15)8-10-6-4-5-7-11(10)9-13/h3-7H,1,8H2,2H3. The van der Waals surface area contributed by atoms with Gasteiger partial charge in [0.2, 0.25) is 5.91 Å². The Hall–Kier alpha value is -2.08. The van der Waals surface area contributed by atoms with Gasteiger partial charge < -0.3 is 4.90 Å². The maximum Gasteiger partial charge on any atom is 0.230 e. The smallest absolute Gasteiger partial charge is 0.230 e. The second kappa shape index (κ2) is 4.97. The number of carbonyl (C=O) groups is 1. The van der Waals surface area contributed by atoms with Crippen molar-refractivity contribution in [3.63, 3.8) is 0 Å². The summed E-state index contributed by atoms with van der Waals surface area (Å²) in [5, 5.41) is 8.83. The molecule has 0 atom stereocenters. The molecule has 3 nitrogen and oxygen atoms in total. The molecule has 0 fully saturated rings. The van der Waals surface area contributed by atoms with Gasteiger partial charge in [-0.15, -0.1) is 0 Å². The van der Waals surface area contributed by atoms with Crippen molar-refractivity contribution in [2.24, 2.45) is 0 Å². The van der Waals surface area contributed by atoms with Crippen LogP contribution in [0.5, 0.6) is 0 Å². The summed E-state index contributed by atoms with van der Waals surface area (Å²) in [6.07, 6.45) is 1.68. The zero-order chi connectivity index (χ0) is 11.3. The van der Waals surface area contributed by atoms with Crippen molar-refractivity contribution in [1.82, 2.24) is 4.90 Å². The van der Waals surface area contributed by atoms with Gasteiger partial charge in [-0.3, -0.25) is 4.79 Å². The molecule has 0 aliphatic rings. The largest absolute Gasteiger partial charge is 0.322 e. The minimum Gasteiger partial charge on any atom is -0.322 e. The van der Waals surface area contributed by atoms with Gasteiger partial charge in [0.15, 0.2) is 0 Å². The molecule has 15 heavy (non-hydrogen) atoms. The molecule has 1 aromatic rings. The third-order valence-electron chi connectivity index (χ3n) is 2.15. The van der Waals surface area contributed by atoms with Crippen LogP contribution < -0.4 is 0 Å². The minimum absolute atomic E-state index is 0.0762. The van der Waals surface area contributed by atoms with E-state index in [0.29, 0.717) is 5.56 Å². The van der Waals surface area contributed by atoms with Gasteiger partial charge >= 0.3 is 0 Å². The fourth-order valence-corrected chi connectivity index (χ4v) is 1.17. The molecule has 0 bridgehead atoms. The van der Waals surface area contributed by atoms with Gasteiger partial charge in [0.05, 0.1) is 18.1 Å². The van der Waals surface area contributed by atoms with Gasteiger partial charge in [-0.25, -0.2) is 0 Å². The minimum atomic E-state index is -0.0762. The number of carbonyl (C=O) groups excluding carboxylic acids is 1. The average Bonchev–Trinajstić information content (AvgIpc) is 2.28. The van der Waals surface area contributed by atoms with Crippen LogP contribution in [0.1, 0.15) is 11.1 Å². The van der Waals surface area contributed by atoms with Crippen LogP contribution in [0.15, 0.2) is 37.0 Å². The van der Waals surface area contributed by atoms with Gasteiger partial charge in [-0.05, 0) is 17.8 Å². The fraction of sp³-hybridized carbons (Fsp3) is 0.167. The molecule has 0 radical (unpaired) electrons.